The quantitative estimate of drug-likeness (QED) is 0.811. The van der Waals surface area contributed by atoms with Gasteiger partial charge in [-0.25, -0.2) is 4.98 Å². The molecular formula is C21H22N4O3S. The summed E-state index contributed by atoms with van der Waals surface area (Å²) in [5, 5.41) is 8.14. The molecule has 2 aromatic rings. The maximum atomic E-state index is 12.7. The first-order chi connectivity index (χ1) is 14.1. The van der Waals surface area contributed by atoms with Crippen molar-refractivity contribution in [2.75, 3.05) is 17.2 Å². The van der Waals surface area contributed by atoms with Crippen LogP contribution >= 0.6 is 11.3 Å². The van der Waals surface area contributed by atoms with Crippen LogP contribution < -0.4 is 10.6 Å². The molecule has 1 aromatic heterocycles. The van der Waals surface area contributed by atoms with Gasteiger partial charge >= 0.3 is 0 Å². The van der Waals surface area contributed by atoms with Crippen LogP contribution in [0.2, 0.25) is 0 Å². The highest BCUT2D eigenvalue weighted by Crippen LogP contribution is 2.32. The number of benzene rings is 1. The summed E-state index contributed by atoms with van der Waals surface area (Å²) in [6.45, 7) is 0.513. The molecular weight excluding hydrogens is 388 g/mol. The highest BCUT2D eigenvalue weighted by atomic mass is 32.1. The van der Waals surface area contributed by atoms with Gasteiger partial charge in [-0.3, -0.25) is 14.4 Å². The minimum atomic E-state index is -0.312. The monoisotopic (exact) mass is 410 g/mol. The number of amides is 3. The number of anilines is 2. The zero-order valence-electron chi connectivity index (χ0n) is 15.9. The molecule has 3 heterocycles. The summed E-state index contributed by atoms with van der Waals surface area (Å²) in [6.07, 6.45) is 5.10. The molecule has 1 saturated heterocycles. The van der Waals surface area contributed by atoms with E-state index >= 15 is 0 Å². The fourth-order valence-corrected chi connectivity index (χ4v) is 5.26. The number of nitrogens with zero attached hydrogens (tertiary/aromatic N) is 2. The Balaban J connectivity index is 1.25. The van der Waals surface area contributed by atoms with Crippen molar-refractivity contribution in [3.05, 3.63) is 29.1 Å². The van der Waals surface area contributed by atoms with Crippen LogP contribution in [-0.4, -0.2) is 40.2 Å². The first-order valence-electron chi connectivity index (χ1n) is 10.1. The molecule has 1 aliphatic carbocycles. The maximum absolute atomic E-state index is 12.7. The number of fused-ring (bicyclic) bond motifs is 1. The van der Waals surface area contributed by atoms with E-state index in [1.165, 1.54) is 24.2 Å². The largest absolute Gasteiger partial charge is 0.339 e. The van der Waals surface area contributed by atoms with Crippen molar-refractivity contribution in [3.63, 3.8) is 0 Å². The zero-order valence-corrected chi connectivity index (χ0v) is 16.8. The Kier molecular flexibility index (Phi) is 4.58. The van der Waals surface area contributed by atoms with Gasteiger partial charge in [-0.05, 0) is 30.5 Å². The van der Waals surface area contributed by atoms with Gasteiger partial charge in [0, 0.05) is 35.6 Å². The van der Waals surface area contributed by atoms with Gasteiger partial charge in [0.2, 0.25) is 17.7 Å². The summed E-state index contributed by atoms with van der Waals surface area (Å²) in [5.74, 6) is -0.352. The second-order valence-corrected chi connectivity index (χ2v) is 8.87. The van der Waals surface area contributed by atoms with Crippen LogP contribution in [0.5, 0.6) is 0 Å². The Hall–Kier alpha value is -2.74. The predicted molar refractivity (Wildman–Crippen MR) is 111 cm³/mol. The van der Waals surface area contributed by atoms with E-state index in [9.17, 15) is 14.4 Å². The SMILES string of the molecule is O=C1Cc2cc(-c3csc(NC(=O)[C@H]4CC(=O)N(C5CCCC5)C4)n3)ccc2N1. The van der Waals surface area contributed by atoms with E-state index in [1.54, 1.807) is 0 Å². The number of hydrogen-bond acceptors (Lipinski definition) is 5. The summed E-state index contributed by atoms with van der Waals surface area (Å²) < 4.78 is 0. The topological polar surface area (TPSA) is 91.4 Å². The van der Waals surface area contributed by atoms with Gasteiger partial charge < -0.3 is 15.5 Å². The predicted octanol–water partition coefficient (Wildman–Crippen LogP) is 3.03. The van der Waals surface area contributed by atoms with Crippen LogP contribution in [0.15, 0.2) is 23.6 Å². The molecule has 3 amide bonds. The molecule has 0 unspecified atom stereocenters. The van der Waals surface area contributed by atoms with Crippen molar-refractivity contribution in [3.8, 4) is 11.3 Å². The van der Waals surface area contributed by atoms with Crippen LogP contribution in [0.4, 0.5) is 10.8 Å². The molecule has 1 aromatic carbocycles. The molecule has 1 saturated carbocycles. The normalized spacial score (nSPS) is 21.5. The van der Waals surface area contributed by atoms with E-state index < -0.39 is 0 Å². The number of carbonyl (C=O) groups is 3. The Morgan fingerprint density at radius 2 is 2.07 bits per heavy atom. The lowest BCUT2D eigenvalue weighted by atomic mass is 10.1. The highest BCUT2D eigenvalue weighted by molar-refractivity contribution is 7.14. The maximum Gasteiger partial charge on any atom is 0.231 e. The van der Waals surface area contributed by atoms with E-state index in [4.69, 9.17) is 0 Å². The summed E-state index contributed by atoms with van der Waals surface area (Å²) in [6, 6.07) is 6.07. The van der Waals surface area contributed by atoms with Gasteiger partial charge in [-0.15, -0.1) is 11.3 Å². The third-order valence-corrected chi connectivity index (χ3v) is 6.81. The first-order valence-corrected chi connectivity index (χ1v) is 10.9. The molecule has 2 aliphatic heterocycles. The Bertz CT molecular complexity index is 996. The molecule has 0 spiro atoms. The van der Waals surface area contributed by atoms with E-state index in [0.29, 0.717) is 24.1 Å². The third-order valence-electron chi connectivity index (χ3n) is 6.06. The minimum Gasteiger partial charge on any atom is -0.339 e. The Morgan fingerprint density at radius 1 is 1.24 bits per heavy atom. The van der Waals surface area contributed by atoms with Gasteiger partial charge in [0.15, 0.2) is 5.13 Å². The zero-order chi connectivity index (χ0) is 20.0. The molecule has 7 nitrogen and oxygen atoms in total. The van der Waals surface area contributed by atoms with Crippen LogP contribution in [0.25, 0.3) is 11.3 Å². The smallest absolute Gasteiger partial charge is 0.231 e. The van der Waals surface area contributed by atoms with Crippen LogP contribution in [0.1, 0.15) is 37.7 Å². The van der Waals surface area contributed by atoms with Crippen molar-refractivity contribution < 1.29 is 14.4 Å². The Morgan fingerprint density at radius 3 is 2.90 bits per heavy atom. The van der Waals surface area contributed by atoms with Crippen molar-refractivity contribution in [1.82, 2.24) is 9.88 Å². The van der Waals surface area contributed by atoms with E-state index in [-0.39, 0.29) is 30.1 Å². The summed E-state index contributed by atoms with van der Waals surface area (Å²) in [5.41, 5.74) is 3.49. The van der Waals surface area contributed by atoms with Gasteiger partial charge in [0.25, 0.3) is 0 Å². The summed E-state index contributed by atoms with van der Waals surface area (Å²) in [7, 11) is 0. The molecule has 29 heavy (non-hydrogen) atoms. The van der Waals surface area contributed by atoms with Crippen molar-refractivity contribution in [2.24, 2.45) is 5.92 Å². The van der Waals surface area contributed by atoms with Gasteiger partial charge in [0.05, 0.1) is 18.0 Å². The lowest BCUT2D eigenvalue weighted by molar-refractivity contribution is -0.130. The van der Waals surface area contributed by atoms with Crippen molar-refractivity contribution in [1.29, 1.82) is 0 Å². The average Bonchev–Trinajstić information content (AvgIpc) is 3.47. The van der Waals surface area contributed by atoms with E-state index in [0.717, 1.165) is 35.3 Å². The number of aromatic nitrogens is 1. The standard InChI is InChI=1S/C21H22N4O3S/c26-18-8-13-7-12(5-6-16(13)22-18)17-11-29-21(23-17)24-20(28)14-9-19(27)25(10-14)15-3-1-2-4-15/h5-7,11,14-15H,1-4,8-10H2,(H,22,26)(H,23,24,28)/t14-/m0/s1. The number of nitrogens with one attached hydrogen (secondary N) is 2. The number of rotatable bonds is 4. The lowest BCUT2D eigenvalue weighted by Gasteiger charge is -2.23. The number of hydrogen-bond donors (Lipinski definition) is 2. The molecule has 5 rings (SSSR count). The van der Waals surface area contributed by atoms with Crippen molar-refractivity contribution in [2.45, 2.75) is 44.6 Å². The fraction of sp³-hybridized carbons (Fsp3) is 0.429. The first kappa shape index (κ1) is 18.3. The van der Waals surface area contributed by atoms with E-state index in [1.807, 2.05) is 28.5 Å². The molecule has 2 N–H and O–H groups in total. The minimum absolute atomic E-state index is 0.00105. The van der Waals surface area contributed by atoms with Gasteiger partial charge in [-0.2, -0.15) is 0 Å². The van der Waals surface area contributed by atoms with Gasteiger partial charge in [0.1, 0.15) is 0 Å². The summed E-state index contributed by atoms with van der Waals surface area (Å²) >= 11 is 1.37. The molecule has 150 valence electrons. The molecule has 0 bridgehead atoms. The van der Waals surface area contributed by atoms with E-state index in [2.05, 4.69) is 15.6 Å². The number of likely N-dealkylation sites (tertiary alicyclic amines) is 1. The Labute approximate surface area is 172 Å². The van der Waals surface area contributed by atoms with Crippen molar-refractivity contribution >= 4 is 39.9 Å². The summed E-state index contributed by atoms with van der Waals surface area (Å²) in [4.78, 5) is 43.0. The highest BCUT2D eigenvalue weighted by Gasteiger charge is 2.38. The van der Waals surface area contributed by atoms with Gasteiger partial charge in [-0.1, -0.05) is 18.9 Å². The fourth-order valence-electron chi connectivity index (χ4n) is 4.54. The average molecular weight is 410 g/mol. The third kappa shape index (κ3) is 3.53. The molecule has 3 aliphatic rings. The number of carbonyl (C=O) groups excluding carboxylic acids is 3. The number of thiazole rings is 1. The van der Waals surface area contributed by atoms with Crippen LogP contribution in [0.3, 0.4) is 0 Å². The second-order valence-electron chi connectivity index (χ2n) is 8.01. The molecule has 1 atom stereocenters. The molecule has 8 heteroatoms. The molecule has 2 fully saturated rings. The second kappa shape index (κ2) is 7.26. The van der Waals surface area contributed by atoms with Crippen LogP contribution in [-0.2, 0) is 20.8 Å². The lowest BCUT2D eigenvalue weighted by Crippen LogP contribution is -2.35. The van der Waals surface area contributed by atoms with Crippen LogP contribution in [0, 0.1) is 5.92 Å². The molecule has 0 radical (unpaired) electrons.